The third-order valence-electron chi connectivity index (χ3n) is 4.21. The summed E-state index contributed by atoms with van der Waals surface area (Å²) in [4.78, 5) is 24.2. The number of amides is 1. The van der Waals surface area contributed by atoms with Crippen molar-refractivity contribution in [1.29, 1.82) is 0 Å². The topological polar surface area (TPSA) is 101 Å². The van der Waals surface area contributed by atoms with Crippen molar-refractivity contribution in [1.82, 2.24) is 5.32 Å². The Morgan fingerprint density at radius 2 is 1.72 bits per heavy atom. The van der Waals surface area contributed by atoms with Crippen LogP contribution in [0.3, 0.4) is 0 Å². The fraction of sp³-hybridized carbons (Fsp3) is 0.333. The van der Waals surface area contributed by atoms with E-state index in [4.69, 9.17) is 0 Å². The van der Waals surface area contributed by atoms with Gasteiger partial charge in [0.15, 0.2) is 9.84 Å². The van der Waals surface area contributed by atoms with Gasteiger partial charge in [0, 0.05) is 17.1 Å². The average molecular weight is 436 g/mol. The Bertz CT molecular complexity index is 912. The van der Waals surface area contributed by atoms with Crippen molar-refractivity contribution in [2.45, 2.75) is 47.8 Å². The van der Waals surface area contributed by atoms with Gasteiger partial charge < -0.3 is 10.4 Å². The summed E-state index contributed by atoms with van der Waals surface area (Å²) in [5.74, 6) is -1.75. The maximum Gasteiger partial charge on any atom is 0.327 e. The average Bonchev–Trinajstić information content (AvgIpc) is 2.71. The highest BCUT2D eigenvalue weighted by molar-refractivity contribution is 7.98. The molecule has 0 aliphatic carbocycles. The van der Waals surface area contributed by atoms with Crippen LogP contribution in [0.25, 0.3) is 0 Å². The van der Waals surface area contributed by atoms with E-state index in [0.29, 0.717) is 6.42 Å². The molecule has 0 bridgehead atoms. The smallest absolute Gasteiger partial charge is 0.327 e. The molecule has 1 amide bonds. The van der Waals surface area contributed by atoms with Gasteiger partial charge in [-0.1, -0.05) is 43.7 Å². The molecule has 0 spiro atoms. The van der Waals surface area contributed by atoms with Crippen LogP contribution in [-0.2, 0) is 25.2 Å². The van der Waals surface area contributed by atoms with E-state index >= 15 is 0 Å². The molecule has 0 saturated carbocycles. The fourth-order valence-corrected chi connectivity index (χ4v) is 4.84. The first-order valence-electron chi connectivity index (χ1n) is 9.33. The van der Waals surface area contributed by atoms with Gasteiger partial charge in [0.2, 0.25) is 5.91 Å². The Kier molecular flexibility index (Phi) is 8.72. The number of aliphatic carboxylic acids is 1. The molecule has 2 aromatic rings. The summed E-state index contributed by atoms with van der Waals surface area (Å²) in [5, 5.41) is 11.6. The molecule has 0 aliphatic rings. The van der Waals surface area contributed by atoms with E-state index in [9.17, 15) is 23.1 Å². The van der Waals surface area contributed by atoms with Crippen LogP contribution in [0.15, 0.2) is 64.4 Å². The lowest BCUT2D eigenvalue weighted by Gasteiger charge is -2.15. The summed E-state index contributed by atoms with van der Waals surface area (Å²) in [6.45, 7) is 1.91. The molecule has 2 N–H and O–H groups in total. The zero-order valence-corrected chi connectivity index (χ0v) is 17.8. The van der Waals surface area contributed by atoms with Crippen molar-refractivity contribution in [3.05, 3.63) is 60.2 Å². The molecule has 2 rings (SSSR count). The number of carboxylic acids is 1. The number of unbranched alkanes of at least 4 members (excludes halogenated alkanes) is 1. The molecule has 0 heterocycles. The van der Waals surface area contributed by atoms with Crippen LogP contribution in [0.2, 0.25) is 0 Å². The number of sulfone groups is 1. The van der Waals surface area contributed by atoms with E-state index in [1.165, 1.54) is 12.1 Å². The Hall–Kier alpha value is -2.32. The van der Waals surface area contributed by atoms with E-state index < -0.39 is 33.5 Å². The van der Waals surface area contributed by atoms with Crippen LogP contribution in [0.1, 0.15) is 31.7 Å². The van der Waals surface area contributed by atoms with Crippen LogP contribution in [0.5, 0.6) is 0 Å². The third-order valence-corrected chi connectivity index (χ3v) is 7.05. The monoisotopic (exact) mass is 435 g/mol. The lowest BCUT2D eigenvalue weighted by Crippen LogP contribution is -2.45. The van der Waals surface area contributed by atoms with Crippen LogP contribution >= 0.6 is 11.8 Å². The Labute approximate surface area is 175 Å². The standard InChI is InChI=1S/C21H25NO5S2/c1-2-3-9-20(23)22-19(21(24)25)15-29(26,27)18-12-10-17(11-13-18)28-14-16-7-5-4-6-8-16/h4-8,10-13,19H,2-3,9,14-15H2,1H3,(H,22,23)(H,24,25). The molecule has 0 aliphatic heterocycles. The summed E-state index contributed by atoms with van der Waals surface area (Å²) in [7, 11) is -3.86. The summed E-state index contributed by atoms with van der Waals surface area (Å²) in [6.07, 6.45) is 1.58. The summed E-state index contributed by atoms with van der Waals surface area (Å²) < 4.78 is 25.2. The summed E-state index contributed by atoms with van der Waals surface area (Å²) in [6, 6.07) is 14.8. The first-order valence-corrected chi connectivity index (χ1v) is 12.0. The predicted molar refractivity (Wildman–Crippen MR) is 114 cm³/mol. The van der Waals surface area contributed by atoms with Crippen molar-refractivity contribution in [2.75, 3.05) is 5.75 Å². The maximum atomic E-state index is 12.6. The van der Waals surface area contributed by atoms with Gasteiger partial charge in [-0.2, -0.15) is 0 Å². The van der Waals surface area contributed by atoms with Gasteiger partial charge in [-0.25, -0.2) is 13.2 Å². The highest BCUT2D eigenvalue weighted by Crippen LogP contribution is 2.24. The normalized spacial score (nSPS) is 12.3. The second-order valence-electron chi connectivity index (χ2n) is 6.59. The molecule has 0 saturated heterocycles. The molecular formula is C21H25NO5S2. The van der Waals surface area contributed by atoms with Crippen LogP contribution < -0.4 is 5.32 Å². The van der Waals surface area contributed by atoms with Gasteiger partial charge in [-0.05, 0) is 36.2 Å². The zero-order chi connectivity index (χ0) is 21.3. The van der Waals surface area contributed by atoms with E-state index in [1.54, 1.807) is 23.9 Å². The van der Waals surface area contributed by atoms with Crippen LogP contribution in [0, 0.1) is 0 Å². The number of carboxylic acid groups (broad SMARTS) is 1. The van der Waals surface area contributed by atoms with Crippen molar-refractivity contribution >= 4 is 33.5 Å². The summed E-state index contributed by atoms with van der Waals surface area (Å²) in [5.41, 5.74) is 1.16. The molecular weight excluding hydrogens is 410 g/mol. The third kappa shape index (κ3) is 7.55. The lowest BCUT2D eigenvalue weighted by atomic mass is 10.2. The molecule has 6 nitrogen and oxygen atoms in total. The molecule has 0 fully saturated rings. The van der Waals surface area contributed by atoms with Crippen molar-refractivity contribution in [3.63, 3.8) is 0 Å². The Morgan fingerprint density at radius 3 is 2.31 bits per heavy atom. The lowest BCUT2D eigenvalue weighted by molar-refractivity contribution is -0.141. The van der Waals surface area contributed by atoms with E-state index in [-0.39, 0.29) is 11.3 Å². The fourth-order valence-electron chi connectivity index (χ4n) is 2.58. The van der Waals surface area contributed by atoms with E-state index in [0.717, 1.165) is 22.6 Å². The molecule has 0 aromatic heterocycles. The quantitative estimate of drug-likeness (QED) is 0.524. The molecule has 156 valence electrons. The molecule has 8 heteroatoms. The minimum atomic E-state index is -3.86. The van der Waals surface area contributed by atoms with Gasteiger partial charge in [0.05, 0.1) is 10.6 Å². The number of hydrogen-bond acceptors (Lipinski definition) is 5. The molecule has 0 radical (unpaired) electrons. The first-order chi connectivity index (χ1) is 13.8. The number of benzene rings is 2. The second kappa shape index (κ2) is 11.0. The van der Waals surface area contributed by atoms with Crippen molar-refractivity contribution in [2.24, 2.45) is 0 Å². The van der Waals surface area contributed by atoms with Gasteiger partial charge in [-0.15, -0.1) is 11.8 Å². The van der Waals surface area contributed by atoms with E-state index in [2.05, 4.69) is 5.32 Å². The first kappa shape index (κ1) is 23.0. The minimum Gasteiger partial charge on any atom is -0.480 e. The van der Waals surface area contributed by atoms with Crippen molar-refractivity contribution in [3.8, 4) is 0 Å². The molecule has 1 unspecified atom stereocenters. The second-order valence-corrected chi connectivity index (χ2v) is 9.67. The predicted octanol–water partition coefficient (Wildman–Crippen LogP) is 3.51. The highest BCUT2D eigenvalue weighted by Gasteiger charge is 2.28. The van der Waals surface area contributed by atoms with Gasteiger partial charge in [0.1, 0.15) is 6.04 Å². The minimum absolute atomic E-state index is 0.0376. The number of nitrogens with one attached hydrogen (secondary N) is 1. The number of thioether (sulfide) groups is 1. The number of carbonyl (C=O) groups is 2. The van der Waals surface area contributed by atoms with Crippen LogP contribution in [0.4, 0.5) is 0 Å². The number of hydrogen-bond donors (Lipinski definition) is 2. The number of rotatable bonds is 11. The maximum absolute atomic E-state index is 12.6. The SMILES string of the molecule is CCCCC(=O)NC(CS(=O)(=O)c1ccc(SCc2ccccc2)cc1)C(=O)O. The Balaban J connectivity index is 2.01. The van der Waals surface area contributed by atoms with E-state index in [1.807, 2.05) is 37.3 Å². The molecule has 29 heavy (non-hydrogen) atoms. The van der Waals surface area contributed by atoms with Crippen LogP contribution in [-0.4, -0.2) is 37.2 Å². The molecule has 2 aromatic carbocycles. The largest absolute Gasteiger partial charge is 0.480 e. The van der Waals surface area contributed by atoms with Crippen molar-refractivity contribution < 1.29 is 23.1 Å². The zero-order valence-electron chi connectivity index (χ0n) is 16.2. The van der Waals surface area contributed by atoms with Gasteiger partial charge >= 0.3 is 5.97 Å². The summed E-state index contributed by atoms with van der Waals surface area (Å²) >= 11 is 1.58. The molecule has 1 atom stereocenters. The highest BCUT2D eigenvalue weighted by atomic mass is 32.2. The van der Waals surface area contributed by atoms with Gasteiger partial charge in [0.25, 0.3) is 0 Å². The number of carbonyl (C=O) groups excluding carboxylic acids is 1. The Morgan fingerprint density at radius 1 is 1.07 bits per heavy atom. The van der Waals surface area contributed by atoms with Gasteiger partial charge in [-0.3, -0.25) is 4.79 Å².